The molecule has 0 spiro atoms. The van der Waals surface area contributed by atoms with Crippen molar-refractivity contribution in [3.63, 3.8) is 0 Å². The number of carbonyl (C=O) groups excluding carboxylic acids is 1. The number of amides is 1. The first-order valence-corrected chi connectivity index (χ1v) is 5.34. The van der Waals surface area contributed by atoms with E-state index in [0.717, 1.165) is 6.42 Å². The molecule has 0 fully saturated rings. The van der Waals surface area contributed by atoms with Crippen LogP contribution in [0.2, 0.25) is 0 Å². The fourth-order valence-corrected chi connectivity index (χ4v) is 1.09. The van der Waals surface area contributed by atoms with Gasteiger partial charge in [0.2, 0.25) is 5.91 Å². The lowest BCUT2D eigenvalue weighted by atomic mass is 9.99. The normalized spacial score (nSPS) is 16.2. The summed E-state index contributed by atoms with van der Waals surface area (Å²) in [5, 5.41) is 19.8. The van der Waals surface area contributed by atoms with Crippen LogP contribution in [0.15, 0.2) is 0 Å². The Morgan fingerprint density at radius 3 is 2.44 bits per heavy atom. The molecule has 3 unspecified atom stereocenters. The van der Waals surface area contributed by atoms with Crippen LogP contribution in [0.1, 0.15) is 26.7 Å². The number of nitrogens with one attached hydrogen (secondary N) is 1. The van der Waals surface area contributed by atoms with Crippen LogP contribution >= 0.6 is 0 Å². The van der Waals surface area contributed by atoms with Gasteiger partial charge in [-0.2, -0.15) is 0 Å². The molecule has 5 N–H and O–H groups in total. The molecule has 0 aliphatic carbocycles. The van der Waals surface area contributed by atoms with E-state index in [1.807, 2.05) is 13.8 Å². The smallest absolute Gasteiger partial charge is 0.332 e. The van der Waals surface area contributed by atoms with Crippen molar-refractivity contribution in [2.45, 2.75) is 38.8 Å². The van der Waals surface area contributed by atoms with Gasteiger partial charge >= 0.3 is 5.97 Å². The topological polar surface area (TPSA) is 113 Å². The van der Waals surface area contributed by atoms with Crippen molar-refractivity contribution in [2.75, 3.05) is 6.54 Å². The van der Waals surface area contributed by atoms with E-state index in [1.165, 1.54) is 0 Å². The van der Waals surface area contributed by atoms with E-state index >= 15 is 0 Å². The number of nitrogens with two attached hydrogens (primary N) is 1. The number of rotatable bonds is 7. The van der Waals surface area contributed by atoms with E-state index < -0.39 is 18.1 Å². The standard InChI is InChI=1S/C10H20N2O4/c1-3-6(2)8(11)9(14)12-5-4-7(13)10(15)16/h6-8,13H,3-5,11H2,1-2H3,(H,12,14)(H,15,16). The van der Waals surface area contributed by atoms with Crippen molar-refractivity contribution >= 4 is 11.9 Å². The van der Waals surface area contributed by atoms with Crippen LogP contribution in [0.25, 0.3) is 0 Å². The lowest BCUT2D eigenvalue weighted by Crippen LogP contribution is -2.45. The lowest BCUT2D eigenvalue weighted by molar-refractivity contribution is -0.147. The molecule has 0 radical (unpaired) electrons. The number of aliphatic hydroxyl groups excluding tert-OH is 1. The molecular weight excluding hydrogens is 212 g/mol. The van der Waals surface area contributed by atoms with Crippen LogP contribution in [-0.4, -0.2) is 40.8 Å². The quantitative estimate of drug-likeness (QED) is 0.464. The van der Waals surface area contributed by atoms with Crippen LogP contribution in [0.4, 0.5) is 0 Å². The first-order valence-electron chi connectivity index (χ1n) is 5.34. The minimum absolute atomic E-state index is 0.0195. The molecule has 16 heavy (non-hydrogen) atoms. The Kier molecular flexibility index (Phi) is 6.67. The van der Waals surface area contributed by atoms with Gasteiger partial charge in [-0.05, 0) is 5.92 Å². The second-order valence-corrected chi connectivity index (χ2v) is 3.85. The van der Waals surface area contributed by atoms with Gasteiger partial charge in [0.15, 0.2) is 6.10 Å². The fourth-order valence-electron chi connectivity index (χ4n) is 1.09. The van der Waals surface area contributed by atoms with E-state index in [4.69, 9.17) is 15.9 Å². The van der Waals surface area contributed by atoms with Crippen molar-refractivity contribution in [3.05, 3.63) is 0 Å². The predicted octanol–water partition coefficient (Wildman–Crippen LogP) is -0.688. The predicted molar refractivity (Wildman–Crippen MR) is 58.7 cm³/mol. The number of aliphatic hydroxyl groups is 1. The summed E-state index contributed by atoms with van der Waals surface area (Å²) in [4.78, 5) is 21.7. The molecule has 0 bridgehead atoms. The third-order valence-corrected chi connectivity index (χ3v) is 2.56. The van der Waals surface area contributed by atoms with Gasteiger partial charge in [-0.1, -0.05) is 20.3 Å². The van der Waals surface area contributed by atoms with E-state index in [-0.39, 0.29) is 24.8 Å². The zero-order valence-corrected chi connectivity index (χ0v) is 9.64. The first-order chi connectivity index (χ1) is 7.40. The number of hydrogen-bond acceptors (Lipinski definition) is 4. The highest BCUT2D eigenvalue weighted by Crippen LogP contribution is 2.04. The molecule has 6 heteroatoms. The fraction of sp³-hybridized carbons (Fsp3) is 0.800. The van der Waals surface area contributed by atoms with Gasteiger partial charge in [0.25, 0.3) is 0 Å². The van der Waals surface area contributed by atoms with Gasteiger partial charge in [0, 0.05) is 13.0 Å². The highest BCUT2D eigenvalue weighted by molar-refractivity contribution is 5.81. The van der Waals surface area contributed by atoms with Crippen LogP contribution in [0.5, 0.6) is 0 Å². The molecule has 6 nitrogen and oxygen atoms in total. The maximum atomic E-state index is 11.4. The molecular formula is C10H20N2O4. The Hall–Kier alpha value is -1.14. The van der Waals surface area contributed by atoms with Gasteiger partial charge in [0.05, 0.1) is 6.04 Å². The first kappa shape index (κ1) is 14.9. The molecule has 3 atom stereocenters. The van der Waals surface area contributed by atoms with E-state index in [2.05, 4.69) is 5.32 Å². The molecule has 0 heterocycles. The van der Waals surface area contributed by atoms with Crippen LogP contribution in [0.3, 0.4) is 0 Å². The SMILES string of the molecule is CCC(C)C(N)C(=O)NCCC(O)C(=O)O. The van der Waals surface area contributed by atoms with Gasteiger partial charge in [0.1, 0.15) is 0 Å². The second kappa shape index (κ2) is 7.19. The average molecular weight is 232 g/mol. The van der Waals surface area contributed by atoms with E-state index in [1.54, 1.807) is 0 Å². The highest BCUT2D eigenvalue weighted by atomic mass is 16.4. The van der Waals surface area contributed by atoms with Crippen molar-refractivity contribution in [3.8, 4) is 0 Å². The molecule has 0 aromatic carbocycles. The van der Waals surface area contributed by atoms with Crippen molar-refractivity contribution in [1.82, 2.24) is 5.32 Å². The van der Waals surface area contributed by atoms with E-state index in [0.29, 0.717) is 0 Å². The Morgan fingerprint density at radius 2 is 2.00 bits per heavy atom. The highest BCUT2D eigenvalue weighted by Gasteiger charge is 2.19. The number of carbonyl (C=O) groups is 2. The van der Waals surface area contributed by atoms with Crippen molar-refractivity contribution < 1.29 is 19.8 Å². The Labute approximate surface area is 94.8 Å². The number of aliphatic carboxylic acids is 1. The van der Waals surface area contributed by atoms with Crippen molar-refractivity contribution in [1.29, 1.82) is 0 Å². The van der Waals surface area contributed by atoms with Crippen LogP contribution in [0, 0.1) is 5.92 Å². The Bertz CT molecular complexity index is 245. The molecule has 0 aliphatic heterocycles. The summed E-state index contributed by atoms with van der Waals surface area (Å²) in [5.74, 6) is -1.53. The number of hydrogen-bond donors (Lipinski definition) is 4. The number of carboxylic acids is 1. The number of carboxylic acid groups (broad SMARTS) is 1. The summed E-state index contributed by atoms with van der Waals surface area (Å²) in [7, 11) is 0. The third-order valence-electron chi connectivity index (χ3n) is 2.56. The average Bonchev–Trinajstić information content (AvgIpc) is 2.26. The third kappa shape index (κ3) is 5.09. The Balaban J connectivity index is 3.85. The molecule has 0 saturated heterocycles. The summed E-state index contributed by atoms with van der Waals surface area (Å²) in [6, 6.07) is -0.591. The molecule has 0 aliphatic rings. The van der Waals surface area contributed by atoms with Crippen LogP contribution < -0.4 is 11.1 Å². The summed E-state index contributed by atoms with van der Waals surface area (Å²) in [6.07, 6.45) is -0.666. The molecule has 1 amide bonds. The molecule has 94 valence electrons. The summed E-state index contributed by atoms with van der Waals surface area (Å²) in [6.45, 7) is 3.92. The summed E-state index contributed by atoms with van der Waals surface area (Å²) >= 11 is 0. The maximum Gasteiger partial charge on any atom is 0.332 e. The Morgan fingerprint density at radius 1 is 1.44 bits per heavy atom. The summed E-state index contributed by atoms with van der Waals surface area (Å²) in [5.41, 5.74) is 5.66. The lowest BCUT2D eigenvalue weighted by Gasteiger charge is -2.17. The minimum Gasteiger partial charge on any atom is -0.479 e. The van der Waals surface area contributed by atoms with Gasteiger partial charge < -0.3 is 21.3 Å². The summed E-state index contributed by atoms with van der Waals surface area (Å²) < 4.78 is 0. The van der Waals surface area contributed by atoms with Crippen LogP contribution in [-0.2, 0) is 9.59 Å². The molecule has 0 aromatic heterocycles. The monoisotopic (exact) mass is 232 g/mol. The largest absolute Gasteiger partial charge is 0.479 e. The second-order valence-electron chi connectivity index (χ2n) is 3.85. The molecule has 0 aromatic rings. The van der Waals surface area contributed by atoms with Crippen molar-refractivity contribution in [2.24, 2.45) is 11.7 Å². The van der Waals surface area contributed by atoms with Gasteiger partial charge in [-0.25, -0.2) is 4.79 Å². The van der Waals surface area contributed by atoms with Gasteiger partial charge in [-0.15, -0.1) is 0 Å². The van der Waals surface area contributed by atoms with Gasteiger partial charge in [-0.3, -0.25) is 4.79 Å². The zero-order chi connectivity index (χ0) is 12.7. The van der Waals surface area contributed by atoms with E-state index in [9.17, 15) is 9.59 Å². The zero-order valence-electron chi connectivity index (χ0n) is 9.64. The molecule has 0 saturated carbocycles. The molecule has 0 rings (SSSR count). The minimum atomic E-state index is -1.44. The maximum absolute atomic E-state index is 11.4.